The Bertz CT molecular complexity index is 1210. The first-order valence-corrected chi connectivity index (χ1v) is 14.1. The molecule has 0 aromatic heterocycles. The summed E-state index contributed by atoms with van der Waals surface area (Å²) in [7, 11) is 0. The van der Waals surface area contributed by atoms with Gasteiger partial charge in [0, 0.05) is 17.0 Å². The first-order chi connectivity index (χ1) is 18.5. The van der Waals surface area contributed by atoms with Crippen molar-refractivity contribution in [3.05, 3.63) is 95.3 Å². The third-order valence-electron chi connectivity index (χ3n) is 7.61. The van der Waals surface area contributed by atoms with Crippen molar-refractivity contribution in [1.82, 2.24) is 0 Å². The molecule has 1 saturated heterocycles. The Balaban J connectivity index is 1.41. The highest BCUT2D eigenvalue weighted by Gasteiger charge is 2.24. The van der Waals surface area contributed by atoms with Gasteiger partial charge in [0.05, 0.1) is 12.7 Å². The van der Waals surface area contributed by atoms with Crippen molar-refractivity contribution in [2.24, 2.45) is 5.92 Å². The molecule has 1 aliphatic heterocycles. The summed E-state index contributed by atoms with van der Waals surface area (Å²) in [5.41, 5.74) is 3.42. The van der Waals surface area contributed by atoms with E-state index in [9.17, 15) is 8.78 Å². The lowest BCUT2D eigenvalue weighted by Crippen LogP contribution is -2.20. The van der Waals surface area contributed by atoms with Gasteiger partial charge in [0.15, 0.2) is 11.6 Å². The fourth-order valence-corrected chi connectivity index (χ4v) is 5.35. The molecule has 0 spiro atoms. The van der Waals surface area contributed by atoms with Crippen LogP contribution in [0.3, 0.4) is 0 Å². The molecule has 0 saturated carbocycles. The van der Waals surface area contributed by atoms with Crippen molar-refractivity contribution in [2.75, 3.05) is 6.61 Å². The predicted octanol–water partition coefficient (Wildman–Crippen LogP) is 10.4. The molecule has 2 unspecified atom stereocenters. The number of unbranched alkanes of at least 4 members (excludes halogenated alkanes) is 5. The monoisotopic (exact) mass is 520 g/mol. The minimum Gasteiger partial charge on any atom is -0.373 e. The molecule has 38 heavy (non-hydrogen) atoms. The van der Waals surface area contributed by atoms with E-state index in [-0.39, 0.29) is 17.5 Å². The van der Waals surface area contributed by atoms with E-state index in [2.05, 4.69) is 13.0 Å². The van der Waals surface area contributed by atoms with Crippen LogP contribution < -0.4 is 0 Å². The van der Waals surface area contributed by atoms with Crippen LogP contribution >= 0.6 is 0 Å². The standard InChI is InChI=1S/C34H39F3O/c1-3-5-6-7-8-9-11-27-17-19-29(34(37)33(27)36)26-15-13-25(14-16-26)28-18-20-30(31(35)22-28)32-21-12-24(10-4-2)23-38-32/h4,10,13-20,22,24,32H,3,5-9,11-12,21,23H2,1-2H3. The van der Waals surface area contributed by atoms with Crippen LogP contribution in [0.25, 0.3) is 22.3 Å². The van der Waals surface area contributed by atoms with E-state index < -0.39 is 11.6 Å². The van der Waals surface area contributed by atoms with Crippen LogP contribution in [-0.4, -0.2) is 6.61 Å². The van der Waals surface area contributed by atoms with Gasteiger partial charge in [-0.15, -0.1) is 0 Å². The van der Waals surface area contributed by atoms with Crippen LogP contribution in [0.1, 0.15) is 82.4 Å². The second-order valence-corrected chi connectivity index (χ2v) is 10.4. The molecule has 0 N–H and O–H groups in total. The zero-order chi connectivity index (χ0) is 26.9. The van der Waals surface area contributed by atoms with Gasteiger partial charge >= 0.3 is 0 Å². The van der Waals surface area contributed by atoms with Crippen LogP contribution in [-0.2, 0) is 11.2 Å². The highest BCUT2D eigenvalue weighted by Crippen LogP contribution is 2.35. The summed E-state index contributed by atoms with van der Waals surface area (Å²) in [5, 5.41) is 0. The number of halogens is 3. The van der Waals surface area contributed by atoms with E-state index >= 15 is 4.39 Å². The van der Waals surface area contributed by atoms with Crippen molar-refractivity contribution in [3.63, 3.8) is 0 Å². The molecule has 2 atom stereocenters. The minimum absolute atomic E-state index is 0.227. The topological polar surface area (TPSA) is 9.23 Å². The van der Waals surface area contributed by atoms with E-state index in [1.807, 2.05) is 31.2 Å². The highest BCUT2D eigenvalue weighted by molar-refractivity contribution is 5.71. The van der Waals surface area contributed by atoms with Crippen LogP contribution in [0.15, 0.2) is 66.7 Å². The summed E-state index contributed by atoms with van der Waals surface area (Å²) in [6, 6.07) is 15.8. The minimum atomic E-state index is -0.805. The molecule has 1 aliphatic rings. The Hall–Kier alpha value is -2.85. The number of hydrogen-bond donors (Lipinski definition) is 0. The number of benzene rings is 3. The van der Waals surface area contributed by atoms with Gasteiger partial charge in [-0.3, -0.25) is 0 Å². The van der Waals surface area contributed by atoms with E-state index in [1.54, 1.807) is 30.3 Å². The molecule has 3 aromatic rings. The maximum absolute atomic E-state index is 15.0. The third kappa shape index (κ3) is 6.96. The highest BCUT2D eigenvalue weighted by atomic mass is 19.2. The van der Waals surface area contributed by atoms with Gasteiger partial charge in [-0.05, 0) is 60.9 Å². The van der Waals surface area contributed by atoms with Gasteiger partial charge < -0.3 is 4.74 Å². The lowest BCUT2D eigenvalue weighted by molar-refractivity contribution is -0.00711. The van der Waals surface area contributed by atoms with Crippen LogP contribution in [0, 0.1) is 23.4 Å². The second-order valence-electron chi connectivity index (χ2n) is 10.4. The number of allylic oxidation sites excluding steroid dienone is 1. The Kier molecular flexibility index (Phi) is 10.2. The molecule has 1 fully saturated rings. The SMILES string of the molecule is CC=CC1CCC(c2ccc(-c3ccc(-c4ccc(CCCCCCCC)c(F)c4F)cc3)cc2F)OC1. The second kappa shape index (κ2) is 13.8. The summed E-state index contributed by atoms with van der Waals surface area (Å²) in [4.78, 5) is 0. The van der Waals surface area contributed by atoms with Crippen molar-refractivity contribution in [1.29, 1.82) is 0 Å². The fourth-order valence-electron chi connectivity index (χ4n) is 5.35. The molecule has 4 heteroatoms. The van der Waals surface area contributed by atoms with Gasteiger partial charge in [-0.25, -0.2) is 13.2 Å². The summed E-state index contributed by atoms with van der Waals surface area (Å²) < 4.78 is 50.7. The summed E-state index contributed by atoms with van der Waals surface area (Å²) in [6.45, 7) is 4.78. The molecule has 3 aromatic carbocycles. The van der Waals surface area contributed by atoms with E-state index in [4.69, 9.17) is 4.74 Å². The molecule has 0 bridgehead atoms. The summed E-state index contributed by atoms with van der Waals surface area (Å²) in [5.74, 6) is -1.44. The van der Waals surface area contributed by atoms with Crippen LogP contribution in [0.2, 0.25) is 0 Å². The largest absolute Gasteiger partial charge is 0.373 e. The maximum atomic E-state index is 15.0. The molecular weight excluding hydrogens is 481 g/mol. The van der Waals surface area contributed by atoms with Gasteiger partial charge in [0.1, 0.15) is 5.82 Å². The van der Waals surface area contributed by atoms with Gasteiger partial charge in [0.2, 0.25) is 0 Å². The van der Waals surface area contributed by atoms with Gasteiger partial charge in [0.25, 0.3) is 0 Å². The van der Waals surface area contributed by atoms with Gasteiger partial charge in [-0.2, -0.15) is 0 Å². The normalized spacial score (nSPS) is 17.8. The molecule has 202 valence electrons. The van der Waals surface area contributed by atoms with Crippen molar-refractivity contribution in [2.45, 2.75) is 77.7 Å². The van der Waals surface area contributed by atoms with Crippen LogP contribution in [0.5, 0.6) is 0 Å². The van der Waals surface area contributed by atoms with E-state index in [0.717, 1.165) is 43.2 Å². The maximum Gasteiger partial charge on any atom is 0.166 e. The van der Waals surface area contributed by atoms with Crippen molar-refractivity contribution >= 4 is 0 Å². The first-order valence-electron chi connectivity index (χ1n) is 14.1. The van der Waals surface area contributed by atoms with Crippen molar-refractivity contribution < 1.29 is 17.9 Å². The Morgan fingerprint density at radius 1 is 0.789 bits per heavy atom. The number of aryl methyl sites for hydroxylation is 1. The third-order valence-corrected chi connectivity index (χ3v) is 7.61. The summed E-state index contributed by atoms with van der Waals surface area (Å²) in [6.07, 6.45) is 12.9. The number of rotatable bonds is 11. The van der Waals surface area contributed by atoms with Crippen molar-refractivity contribution in [3.8, 4) is 22.3 Å². The Morgan fingerprint density at radius 2 is 1.50 bits per heavy atom. The number of ether oxygens (including phenoxy) is 1. The molecular formula is C34H39F3O. The molecule has 0 radical (unpaired) electrons. The molecule has 0 aliphatic carbocycles. The molecule has 1 nitrogen and oxygen atoms in total. The Morgan fingerprint density at radius 3 is 2.18 bits per heavy atom. The number of hydrogen-bond acceptors (Lipinski definition) is 1. The quantitative estimate of drug-likeness (QED) is 0.180. The molecule has 0 amide bonds. The summed E-state index contributed by atoms with van der Waals surface area (Å²) >= 11 is 0. The smallest absolute Gasteiger partial charge is 0.166 e. The van der Waals surface area contributed by atoms with E-state index in [1.165, 1.54) is 25.3 Å². The lowest BCUT2D eigenvalue weighted by Gasteiger charge is -2.28. The van der Waals surface area contributed by atoms with E-state index in [0.29, 0.717) is 35.6 Å². The lowest BCUT2D eigenvalue weighted by atomic mass is 9.92. The average Bonchev–Trinajstić information content (AvgIpc) is 2.94. The average molecular weight is 521 g/mol. The fraction of sp³-hybridized carbons (Fsp3) is 0.412. The van der Waals surface area contributed by atoms with Gasteiger partial charge in [-0.1, -0.05) is 99.7 Å². The van der Waals surface area contributed by atoms with Crippen LogP contribution in [0.4, 0.5) is 13.2 Å². The molecule has 1 heterocycles. The Labute approximate surface area is 225 Å². The zero-order valence-corrected chi connectivity index (χ0v) is 22.6. The zero-order valence-electron chi connectivity index (χ0n) is 22.6. The predicted molar refractivity (Wildman–Crippen MR) is 150 cm³/mol. The molecule has 4 rings (SSSR count). The first kappa shape index (κ1) is 28.2.